The summed E-state index contributed by atoms with van der Waals surface area (Å²) in [5.74, 6) is 1.08. The average molecular weight is 386 g/mol. The van der Waals surface area contributed by atoms with Crippen molar-refractivity contribution in [3.8, 4) is 5.75 Å². The summed E-state index contributed by atoms with van der Waals surface area (Å²) in [4.78, 5) is 12.2. The second-order valence-electron chi connectivity index (χ2n) is 5.50. The Labute approximate surface area is 162 Å². The highest BCUT2D eigenvalue weighted by Crippen LogP contribution is 2.26. The Bertz CT molecular complexity index is 811. The Balaban J connectivity index is 1.65. The number of methoxy groups -OCH3 is 1. The molecule has 1 saturated heterocycles. The van der Waals surface area contributed by atoms with E-state index in [0.717, 1.165) is 11.3 Å². The average Bonchev–Trinajstić information content (AvgIpc) is 3.01. The van der Waals surface area contributed by atoms with Crippen molar-refractivity contribution in [3.63, 3.8) is 0 Å². The number of amides is 1. The molecule has 0 unspecified atom stereocenters. The van der Waals surface area contributed by atoms with Gasteiger partial charge in [-0.1, -0.05) is 48.5 Å². The molecule has 1 heterocycles. The molecule has 2 aromatic rings. The molecule has 0 saturated carbocycles. The zero-order chi connectivity index (χ0) is 18.4. The summed E-state index contributed by atoms with van der Waals surface area (Å²) in [5.41, 5.74) is 4.82. The number of thioether (sulfide) groups is 1. The maximum absolute atomic E-state index is 12.2. The van der Waals surface area contributed by atoms with Gasteiger partial charge in [0.15, 0.2) is 5.11 Å². The second kappa shape index (κ2) is 8.73. The number of hydrogen-bond acceptors (Lipinski definition) is 4. The standard InChI is InChI=1S/C19H19N3O2S2/c1-24-16-10-6-5-9-15(16)20-19(25)21-22-17(23)13-26-18(22)12-11-14-7-3-2-4-8-14/h2-12,18H,13H2,1H3,(H2,20,21,25)/b12-11+/t18-/m1/s1. The highest BCUT2D eigenvalue weighted by Gasteiger charge is 2.30. The lowest BCUT2D eigenvalue weighted by molar-refractivity contribution is -0.129. The van der Waals surface area contributed by atoms with Crippen LogP contribution in [0.2, 0.25) is 0 Å². The molecule has 3 rings (SSSR count). The molecule has 0 bridgehead atoms. The Morgan fingerprint density at radius 2 is 1.96 bits per heavy atom. The first kappa shape index (κ1) is 18.3. The molecule has 5 nitrogen and oxygen atoms in total. The third-order valence-electron chi connectivity index (χ3n) is 3.73. The number of para-hydroxylation sites is 2. The zero-order valence-corrected chi connectivity index (χ0v) is 15.8. The van der Waals surface area contributed by atoms with Gasteiger partial charge in [-0.3, -0.25) is 10.2 Å². The van der Waals surface area contributed by atoms with E-state index in [0.29, 0.717) is 16.6 Å². The largest absolute Gasteiger partial charge is 0.495 e. The van der Waals surface area contributed by atoms with Crippen LogP contribution >= 0.6 is 24.0 Å². The van der Waals surface area contributed by atoms with E-state index in [4.69, 9.17) is 17.0 Å². The minimum Gasteiger partial charge on any atom is -0.495 e. The summed E-state index contributed by atoms with van der Waals surface area (Å²) in [7, 11) is 1.60. The molecule has 0 aliphatic carbocycles. The van der Waals surface area contributed by atoms with Gasteiger partial charge in [0.1, 0.15) is 11.1 Å². The number of ether oxygens (including phenoxy) is 1. The van der Waals surface area contributed by atoms with Gasteiger partial charge in [-0.25, -0.2) is 5.01 Å². The first-order valence-corrected chi connectivity index (χ1v) is 9.50. The van der Waals surface area contributed by atoms with Crippen molar-refractivity contribution in [3.05, 3.63) is 66.2 Å². The molecule has 0 radical (unpaired) electrons. The molecule has 1 aliphatic rings. The fourth-order valence-corrected chi connectivity index (χ4v) is 3.65. The molecule has 1 amide bonds. The Morgan fingerprint density at radius 1 is 1.23 bits per heavy atom. The van der Waals surface area contributed by atoms with Crippen LogP contribution in [0.25, 0.3) is 6.08 Å². The van der Waals surface area contributed by atoms with Gasteiger partial charge in [0.05, 0.1) is 18.6 Å². The number of hydrogen-bond donors (Lipinski definition) is 2. The molecule has 7 heteroatoms. The minimum atomic E-state index is -0.125. The number of benzene rings is 2. The number of rotatable bonds is 5. The van der Waals surface area contributed by atoms with E-state index in [1.165, 1.54) is 0 Å². The van der Waals surface area contributed by atoms with Crippen LogP contribution in [0.1, 0.15) is 5.56 Å². The molecule has 26 heavy (non-hydrogen) atoms. The van der Waals surface area contributed by atoms with Crippen LogP contribution in [0.15, 0.2) is 60.7 Å². The van der Waals surface area contributed by atoms with Crippen molar-refractivity contribution in [2.75, 3.05) is 18.2 Å². The molecule has 0 spiro atoms. The summed E-state index contributed by atoms with van der Waals surface area (Å²) < 4.78 is 5.30. The molecule has 134 valence electrons. The maximum Gasteiger partial charge on any atom is 0.252 e. The van der Waals surface area contributed by atoms with Gasteiger partial charge in [0, 0.05) is 0 Å². The Hall–Kier alpha value is -2.51. The number of carbonyl (C=O) groups is 1. The van der Waals surface area contributed by atoms with Crippen LogP contribution in [0.5, 0.6) is 5.75 Å². The normalized spacial score (nSPS) is 16.7. The van der Waals surface area contributed by atoms with E-state index >= 15 is 0 Å². The molecule has 1 aliphatic heterocycles. The fraction of sp³-hybridized carbons (Fsp3) is 0.158. The van der Waals surface area contributed by atoms with E-state index in [1.807, 2.05) is 66.7 Å². The van der Waals surface area contributed by atoms with Crippen LogP contribution in [0.4, 0.5) is 5.69 Å². The zero-order valence-electron chi connectivity index (χ0n) is 14.2. The topological polar surface area (TPSA) is 53.6 Å². The summed E-state index contributed by atoms with van der Waals surface area (Å²) in [5, 5.41) is 4.83. The first-order valence-electron chi connectivity index (χ1n) is 8.05. The maximum atomic E-state index is 12.2. The number of nitrogens with one attached hydrogen (secondary N) is 2. The van der Waals surface area contributed by atoms with E-state index in [9.17, 15) is 4.79 Å². The molecular formula is C19H19N3O2S2. The minimum absolute atomic E-state index is 0.0121. The fourth-order valence-electron chi connectivity index (χ4n) is 2.48. The summed E-state index contributed by atoms with van der Waals surface area (Å²) >= 11 is 6.91. The van der Waals surface area contributed by atoms with E-state index in [2.05, 4.69) is 10.7 Å². The lowest BCUT2D eigenvalue weighted by Crippen LogP contribution is -2.48. The molecule has 1 fully saturated rings. The number of anilines is 1. The molecular weight excluding hydrogens is 366 g/mol. The summed E-state index contributed by atoms with van der Waals surface area (Å²) in [6.45, 7) is 0. The highest BCUT2D eigenvalue weighted by atomic mass is 32.2. The predicted molar refractivity (Wildman–Crippen MR) is 111 cm³/mol. The van der Waals surface area contributed by atoms with Crippen molar-refractivity contribution in [1.82, 2.24) is 10.4 Å². The number of carbonyl (C=O) groups excluding carboxylic acids is 1. The van der Waals surface area contributed by atoms with Crippen molar-refractivity contribution < 1.29 is 9.53 Å². The van der Waals surface area contributed by atoms with Gasteiger partial charge >= 0.3 is 0 Å². The van der Waals surface area contributed by atoms with Gasteiger partial charge in [0.25, 0.3) is 5.91 Å². The van der Waals surface area contributed by atoms with Crippen molar-refractivity contribution >= 4 is 46.8 Å². The Kier molecular flexibility index (Phi) is 6.14. The van der Waals surface area contributed by atoms with Gasteiger partial charge in [-0.05, 0) is 36.0 Å². The van der Waals surface area contributed by atoms with E-state index in [-0.39, 0.29) is 11.3 Å². The second-order valence-corrected chi connectivity index (χ2v) is 7.01. The predicted octanol–water partition coefficient (Wildman–Crippen LogP) is 3.51. The van der Waals surface area contributed by atoms with Crippen LogP contribution in [0.3, 0.4) is 0 Å². The van der Waals surface area contributed by atoms with Crippen LogP contribution < -0.4 is 15.5 Å². The van der Waals surface area contributed by atoms with Crippen LogP contribution in [0, 0.1) is 0 Å². The first-order chi connectivity index (χ1) is 12.7. The third kappa shape index (κ3) is 4.56. The SMILES string of the molecule is COc1ccccc1NC(=S)NN1C(=O)CS[C@@H]1/C=C/c1ccccc1. The molecule has 0 aromatic heterocycles. The number of thiocarbonyl (C=S) groups is 1. The van der Waals surface area contributed by atoms with Crippen LogP contribution in [-0.2, 0) is 4.79 Å². The smallest absolute Gasteiger partial charge is 0.252 e. The van der Waals surface area contributed by atoms with E-state index in [1.54, 1.807) is 23.9 Å². The lowest BCUT2D eigenvalue weighted by Gasteiger charge is -2.24. The van der Waals surface area contributed by atoms with Gasteiger partial charge in [-0.15, -0.1) is 11.8 Å². The van der Waals surface area contributed by atoms with Crippen molar-refractivity contribution in [2.24, 2.45) is 0 Å². The third-order valence-corrected chi connectivity index (χ3v) is 5.05. The molecule has 2 N–H and O–H groups in total. The number of nitrogens with zero attached hydrogens (tertiary/aromatic N) is 1. The van der Waals surface area contributed by atoms with E-state index < -0.39 is 0 Å². The summed E-state index contributed by atoms with van der Waals surface area (Å²) in [6.07, 6.45) is 3.99. The van der Waals surface area contributed by atoms with Gasteiger partial charge < -0.3 is 10.1 Å². The van der Waals surface area contributed by atoms with Gasteiger partial charge in [0.2, 0.25) is 0 Å². The molecule has 2 aromatic carbocycles. The van der Waals surface area contributed by atoms with Crippen molar-refractivity contribution in [1.29, 1.82) is 0 Å². The Morgan fingerprint density at radius 3 is 2.73 bits per heavy atom. The van der Waals surface area contributed by atoms with Crippen molar-refractivity contribution in [2.45, 2.75) is 5.37 Å². The quantitative estimate of drug-likeness (QED) is 0.769. The lowest BCUT2D eigenvalue weighted by atomic mass is 10.2. The van der Waals surface area contributed by atoms with Gasteiger partial charge in [-0.2, -0.15) is 0 Å². The summed E-state index contributed by atoms with van der Waals surface area (Å²) in [6, 6.07) is 17.4. The monoisotopic (exact) mass is 385 g/mol. The highest BCUT2D eigenvalue weighted by molar-refractivity contribution is 8.01. The molecule has 1 atom stereocenters. The van der Waals surface area contributed by atoms with Crippen LogP contribution in [-0.4, -0.2) is 34.3 Å². The number of hydrazine groups is 1.